The molecule has 0 saturated heterocycles. The SMILES string of the molecule is COCC(C)(NC(=O)c1cnc(-c2ccccc2)s1)C(=O)O. The Balaban J connectivity index is 2.17. The molecule has 1 aromatic carbocycles. The average Bonchev–Trinajstić information content (AvgIpc) is 2.98. The molecule has 116 valence electrons. The van der Waals surface area contributed by atoms with E-state index >= 15 is 0 Å². The molecule has 0 aliphatic rings. The van der Waals surface area contributed by atoms with Crippen molar-refractivity contribution in [3.8, 4) is 10.6 Å². The quantitative estimate of drug-likeness (QED) is 0.850. The van der Waals surface area contributed by atoms with Gasteiger partial charge in [-0.2, -0.15) is 0 Å². The van der Waals surface area contributed by atoms with E-state index in [0.29, 0.717) is 9.88 Å². The number of carboxylic acids is 1. The van der Waals surface area contributed by atoms with Crippen LogP contribution in [-0.4, -0.2) is 41.2 Å². The van der Waals surface area contributed by atoms with Crippen LogP contribution < -0.4 is 5.32 Å². The van der Waals surface area contributed by atoms with E-state index in [2.05, 4.69) is 10.3 Å². The first-order valence-corrected chi connectivity index (χ1v) is 7.34. The molecule has 0 bridgehead atoms. The molecule has 1 aromatic heterocycles. The van der Waals surface area contributed by atoms with Crippen LogP contribution in [0.2, 0.25) is 0 Å². The zero-order chi connectivity index (χ0) is 16.2. The number of methoxy groups -OCH3 is 1. The van der Waals surface area contributed by atoms with Crippen LogP contribution in [0.25, 0.3) is 10.6 Å². The molecule has 0 spiro atoms. The number of rotatable bonds is 6. The third-order valence-electron chi connectivity index (χ3n) is 3.04. The van der Waals surface area contributed by atoms with Gasteiger partial charge in [-0.25, -0.2) is 9.78 Å². The van der Waals surface area contributed by atoms with Crippen molar-refractivity contribution in [1.29, 1.82) is 0 Å². The van der Waals surface area contributed by atoms with Crippen LogP contribution in [0.4, 0.5) is 0 Å². The van der Waals surface area contributed by atoms with E-state index in [4.69, 9.17) is 4.74 Å². The molecule has 22 heavy (non-hydrogen) atoms. The molecule has 0 saturated carbocycles. The summed E-state index contributed by atoms with van der Waals surface area (Å²) >= 11 is 1.21. The Morgan fingerprint density at radius 1 is 1.36 bits per heavy atom. The monoisotopic (exact) mass is 320 g/mol. The number of benzene rings is 1. The molecule has 0 aliphatic carbocycles. The highest BCUT2D eigenvalue weighted by Gasteiger charge is 2.35. The van der Waals surface area contributed by atoms with Gasteiger partial charge in [0, 0.05) is 12.7 Å². The Bertz CT molecular complexity index is 671. The smallest absolute Gasteiger partial charge is 0.331 e. The van der Waals surface area contributed by atoms with Gasteiger partial charge in [0.25, 0.3) is 5.91 Å². The maximum Gasteiger partial charge on any atom is 0.331 e. The normalized spacial score (nSPS) is 13.4. The summed E-state index contributed by atoms with van der Waals surface area (Å²) in [5.74, 6) is -1.64. The zero-order valence-corrected chi connectivity index (χ0v) is 13.0. The lowest BCUT2D eigenvalue weighted by molar-refractivity contribution is -0.145. The molecule has 7 heteroatoms. The summed E-state index contributed by atoms with van der Waals surface area (Å²) in [5.41, 5.74) is -0.577. The van der Waals surface area contributed by atoms with Gasteiger partial charge in [-0.05, 0) is 6.92 Å². The lowest BCUT2D eigenvalue weighted by Gasteiger charge is -2.24. The Morgan fingerprint density at radius 3 is 2.64 bits per heavy atom. The van der Waals surface area contributed by atoms with E-state index in [1.807, 2.05) is 30.3 Å². The highest BCUT2D eigenvalue weighted by atomic mass is 32.1. The summed E-state index contributed by atoms with van der Waals surface area (Å²) in [7, 11) is 1.38. The molecule has 1 heterocycles. The first-order chi connectivity index (χ1) is 10.5. The van der Waals surface area contributed by atoms with Crippen LogP contribution in [0.1, 0.15) is 16.6 Å². The van der Waals surface area contributed by atoms with Gasteiger partial charge in [-0.3, -0.25) is 4.79 Å². The highest BCUT2D eigenvalue weighted by Crippen LogP contribution is 2.25. The van der Waals surface area contributed by atoms with Gasteiger partial charge in [-0.1, -0.05) is 30.3 Å². The standard InChI is InChI=1S/C15H16N2O4S/c1-15(9-21-2,14(19)20)17-12(18)11-8-16-13(22-11)10-6-4-3-5-7-10/h3-8H,9H2,1-2H3,(H,17,18)(H,19,20). The first kappa shape index (κ1) is 16.1. The number of amides is 1. The fourth-order valence-electron chi connectivity index (χ4n) is 1.85. The van der Waals surface area contributed by atoms with Gasteiger partial charge < -0.3 is 15.2 Å². The topological polar surface area (TPSA) is 88.5 Å². The third kappa shape index (κ3) is 3.49. The van der Waals surface area contributed by atoms with E-state index < -0.39 is 17.4 Å². The molecular weight excluding hydrogens is 304 g/mol. The van der Waals surface area contributed by atoms with E-state index in [1.165, 1.54) is 31.6 Å². The van der Waals surface area contributed by atoms with Crippen molar-refractivity contribution in [2.24, 2.45) is 0 Å². The summed E-state index contributed by atoms with van der Waals surface area (Å²) in [5, 5.41) is 12.4. The number of aliphatic carboxylic acids is 1. The van der Waals surface area contributed by atoms with Gasteiger partial charge in [0.05, 0.1) is 12.8 Å². The molecule has 0 fully saturated rings. The van der Waals surface area contributed by atoms with E-state index in [-0.39, 0.29) is 6.61 Å². The molecule has 2 N–H and O–H groups in total. The van der Waals surface area contributed by atoms with Crippen molar-refractivity contribution < 1.29 is 19.4 Å². The minimum absolute atomic E-state index is 0.127. The molecule has 0 aliphatic heterocycles. The summed E-state index contributed by atoms with van der Waals surface area (Å²) < 4.78 is 4.87. The van der Waals surface area contributed by atoms with Crippen LogP contribution in [0, 0.1) is 0 Å². The summed E-state index contributed by atoms with van der Waals surface area (Å²) in [6.07, 6.45) is 1.44. The van der Waals surface area contributed by atoms with Crippen LogP contribution >= 0.6 is 11.3 Å². The Hall–Kier alpha value is -2.25. The Kier molecular flexibility index (Phi) is 4.89. The maximum absolute atomic E-state index is 12.2. The van der Waals surface area contributed by atoms with Crippen LogP contribution in [0.15, 0.2) is 36.5 Å². The van der Waals surface area contributed by atoms with Crippen molar-refractivity contribution in [1.82, 2.24) is 10.3 Å². The fourth-order valence-corrected chi connectivity index (χ4v) is 2.66. The van der Waals surface area contributed by atoms with Gasteiger partial charge in [0.1, 0.15) is 9.88 Å². The van der Waals surface area contributed by atoms with Crippen LogP contribution in [0.3, 0.4) is 0 Å². The molecule has 6 nitrogen and oxygen atoms in total. The van der Waals surface area contributed by atoms with Gasteiger partial charge in [0.15, 0.2) is 5.54 Å². The summed E-state index contributed by atoms with van der Waals surface area (Å²) in [6.45, 7) is 1.27. The largest absolute Gasteiger partial charge is 0.479 e. The first-order valence-electron chi connectivity index (χ1n) is 6.52. The predicted molar refractivity (Wildman–Crippen MR) is 82.9 cm³/mol. The van der Waals surface area contributed by atoms with Gasteiger partial charge in [0.2, 0.25) is 0 Å². The predicted octanol–water partition coefficient (Wildman–Crippen LogP) is 2.03. The summed E-state index contributed by atoms with van der Waals surface area (Å²) in [4.78, 5) is 28.1. The fraction of sp³-hybridized carbons (Fsp3) is 0.267. The number of aromatic nitrogens is 1. The van der Waals surface area contributed by atoms with Gasteiger partial charge >= 0.3 is 5.97 Å². The minimum Gasteiger partial charge on any atom is -0.479 e. The zero-order valence-electron chi connectivity index (χ0n) is 12.2. The van der Waals surface area contributed by atoms with Crippen molar-refractivity contribution in [2.75, 3.05) is 13.7 Å². The van der Waals surface area contributed by atoms with Gasteiger partial charge in [-0.15, -0.1) is 11.3 Å². The van der Waals surface area contributed by atoms with Crippen molar-refractivity contribution in [3.63, 3.8) is 0 Å². The molecule has 2 aromatic rings. The maximum atomic E-state index is 12.2. The molecule has 1 amide bonds. The number of carboxylic acid groups (broad SMARTS) is 1. The number of carbonyl (C=O) groups is 2. The second-order valence-electron chi connectivity index (χ2n) is 4.92. The number of thiazole rings is 1. The van der Waals surface area contributed by atoms with Crippen molar-refractivity contribution in [2.45, 2.75) is 12.5 Å². The summed E-state index contributed by atoms with van der Waals surface area (Å²) in [6, 6.07) is 9.46. The number of carbonyl (C=O) groups excluding carboxylic acids is 1. The molecule has 1 atom stereocenters. The molecular formula is C15H16N2O4S. The lowest BCUT2D eigenvalue weighted by Crippen LogP contribution is -2.55. The molecule has 1 unspecified atom stereocenters. The number of hydrogen-bond donors (Lipinski definition) is 2. The van der Waals surface area contributed by atoms with Crippen LogP contribution in [-0.2, 0) is 9.53 Å². The highest BCUT2D eigenvalue weighted by molar-refractivity contribution is 7.16. The molecule has 2 rings (SSSR count). The number of hydrogen-bond acceptors (Lipinski definition) is 5. The van der Waals surface area contributed by atoms with Crippen molar-refractivity contribution in [3.05, 3.63) is 41.4 Å². The lowest BCUT2D eigenvalue weighted by atomic mass is 10.0. The average molecular weight is 320 g/mol. The second-order valence-corrected chi connectivity index (χ2v) is 5.95. The van der Waals surface area contributed by atoms with Crippen LogP contribution in [0.5, 0.6) is 0 Å². The molecule has 0 radical (unpaired) electrons. The van der Waals surface area contributed by atoms with E-state index in [9.17, 15) is 14.7 Å². The number of nitrogens with one attached hydrogen (secondary N) is 1. The number of nitrogens with zero attached hydrogens (tertiary/aromatic N) is 1. The number of ether oxygens (including phenoxy) is 1. The second kappa shape index (κ2) is 6.67. The Morgan fingerprint density at radius 2 is 2.05 bits per heavy atom. The van der Waals surface area contributed by atoms with E-state index in [0.717, 1.165) is 5.56 Å². The third-order valence-corrected chi connectivity index (χ3v) is 4.09. The van der Waals surface area contributed by atoms with Crippen molar-refractivity contribution >= 4 is 23.2 Å². The minimum atomic E-state index is -1.48. The van der Waals surface area contributed by atoms with E-state index in [1.54, 1.807) is 0 Å². The Labute approximate surface area is 131 Å².